The van der Waals surface area contributed by atoms with E-state index in [-0.39, 0.29) is 0 Å². The molecule has 7 nitrogen and oxygen atoms in total. The van der Waals surface area contributed by atoms with Gasteiger partial charge in [0, 0.05) is 17.3 Å². The molecule has 4 aromatic rings. The molecule has 0 amide bonds. The van der Waals surface area contributed by atoms with E-state index in [9.17, 15) is 4.79 Å². The monoisotopic (exact) mass is 384 g/mol. The number of ether oxygens (including phenoxy) is 2. The van der Waals surface area contributed by atoms with Crippen LogP contribution < -0.4 is 4.74 Å². The van der Waals surface area contributed by atoms with E-state index in [4.69, 9.17) is 19.7 Å². The van der Waals surface area contributed by atoms with Gasteiger partial charge in [-0.3, -0.25) is 0 Å². The number of rotatable bonds is 4. The van der Waals surface area contributed by atoms with Crippen LogP contribution in [-0.4, -0.2) is 34.8 Å². The van der Waals surface area contributed by atoms with E-state index in [0.29, 0.717) is 28.2 Å². The van der Waals surface area contributed by atoms with Crippen molar-refractivity contribution in [2.45, 2.75) is 0 Å². The highest BCUT2D eigenvalue weighted by Crippen LogP contribution is 2.29. The molecule has 0 fully saturated rings. The van der Waals surface area contributed by atoms with Gasteiger partial charge in [-0.15, -0.1) is 0 Å². The van der Waals surface area contributed by atoms with Gasteiger partial charge in [0.2, 0.25) is 0 Å². The number of esters is 1. The van der Waals surface area contributed by atoms with Gasteiger partial charge < -0.3 is 9.47 Å². The first-order valence-corrected chi connectivity index (χ1v) is 8.76. The van der Waals surface area contributed by atoms with Crippen molar-refractivity contribution < 1.29 is 14.3 Å². The SMILES string of the molecule is COC(=O)c1ccc(-c2ccn3ncc(-c4ccc(C#N)cc4)c3n2)cc1OC. The van der Waals surface area contributed by atoms with Gasteiger partial charge >= 0.3 is 5.97 Å². The number of benzene rings is 2. The third-order valence-electron chi connectivity index (χ3n) is 4.60. The molecular formula is C22H16N4O3. The average molecular weight is 384 g/mol. The molecule has 4 rings (SSSR count). The maximum Gasteiger partial charge on any atom is 0.341 e. The topological polar surface area (TPSA) is 89.5 Å². The van der Waals surface area contributed by atoms with E-state index in [1.807, 2.05) is 24.4 Å². The molecule has 0 N–H and O–H groups in total. The highest BCUT2D eigenvalue weighted by Gasteiger charge is 2.15. The van der Waals surface area contributed by atoms with Gasteiger partial charge in [0.1, 0.15) is 11.3 Å². The molecule has 29 heavy (non-hydrogen) atoms. The molecule has 0 atom stereocenters. The zero-order valence-electron chi connectivity index (χ0n) is 15.8. The third kappa shape index (κ3) is 3.28. The van der Waals surface area contributed by atoms with E-state index in [0.717, 1.165) is 16.7 Å². The van der Waals surface area contributed by atoms with E-state index in [1.165, 1.54) is 14.2 Å². The first-order chi connectivity index (χ1) is 14.1. The van der Waals surface area contributed by atoms with Crippen molar-refractivity contribution >= 4 is 11.6 Å². The molecule has 0 spiro atoms. The van der Waals surface area contributed by atoms with E-state index < -0.39 is 5.97 Å². The van der Waals surface area contributed by atoms with Crippen LogP contribution in [0.1, 0.15) is 15.9 Å². The molecule has 0 aliphatic carbocycles. The predicted octanol–water partition coefficient (Wildman–Crippen LogP) is 3.73. The number of fused-ring (bicyclic) bond motifs is 1. The van der Waals surface area contributed by atoms with E-state index >= 15 is 0 Å². The fraction of sp³-hybridized carbons (Fsp3) is 0.0909. The maximum atomic E-state index is 11.9. The summed E-state index contributed by atoms with van der Waals surface area (Å²) in [4.78, 5) is 16.6. The van der Waals surface area contributed by atoms with Gasteiger partial charge in [0.05, 0.1) is 37.7 Å². The lowest BCUT2D eigenvalue weighted by atomic mass is 10.1. The average Bonchev–Trinajstić information content (AvgIpc) is 3.21. The number of aromatic nitrogens is 3. The van der Waals surface area contributed by atoms with Crippen molar-refractivity contribution in [1.82, 2.24) is 14.6 Å². The Morgan fingerprint density at radius 3 is 2.52 bits per heavy atom. The molecule has 0 aliphatic rings. The Balaban J connectivity index is 1.79. The minimum Gasteiger partial charge on any atom is -0.496 e. The summed E-state index contributed by atoms with van der Waals surface area (Å²) in [5, 5.41) is 13.3. The summed E-state index contributed by atoms with van der Waals surface area (Å²) >= 11 is 0. The number of hydrogen-bond acceptors (Lipinski definition) is 6. The molecule has 7 heteroatoms. The Hall–Kier alpha value is -4.18. The van der Waals surface area contributed by atoms with Crippen LogP contribution in [0.2, 0.25) is 0 Å². The third-order valence-corrected chi connectivity index (χ3v) is 4.60. The summed E-state index contributed by atoms with van der Waals surface area (Å²) < 4.78 is 11.8. The van der Waals surface area contributed by atoms with E-state index in [1.54, 1.807) is 41.0 Å². The fourth-order valence-electron chi connectivity index (χ4n) is 3.09. The quantitative estimate of drug-likeness (QED) is 0.498. The lowest BCUT2D eigenvalue weighted by Gasteiger charge is -2.09. The van der Waals surface area contributed by atoms with Crippen LogP contribution in [0.4, 0.5) is 0 Å². The van der Waals surface area contributed by atoms with Crippen LogP contribution in [0.3, 0.4) is 0 Å². The smallest absolute Gasteiger partial charge is 0.341 e. The van der Waals surface area contributed by atoms with Crippen molar-refractivity contribution in [1.29, 1.82) is 5.26 Å². The van der Waals surface area contributed by atoms with Crippen molar-refractivity contribution in [3.05, 3.63) is 72.1 Å². The standard InChI is InChI=1S/C22H16N4O3/c1-28-20-11-16(7-8-17(20)22(27)29-2)19-9-10-26-21(25-19)18(13-24-26)15-5-3-14(12-23)4-6-15/h3-11,13H,1-2H3. The number of carbonyl (C=O) groups is 1. The number of methoxy groups -OCH3 is 2. The second-order valence-electron chi connectivity index (χ2n) is 6.24. The molecule has 2 aromatic heterocycles. The summed E-state index contributed by atoms with van der Waals surface area (Å²) in [5.41, 5.74) is 4.91. The Labute approximate surface area is 166 Å². The zero-order chi connectivity index (χ0) is 20.4. The summed E-state index contributed by atoms with van der Waals surface area (Å²) in [7, 11) is 2.83. The Morgan fingerprint density at radius 2 is 1.83 bits per heavy atom. The minimum atomic E-state index is -0.462. The van der Waals surface area contributed by atoms with Gasteiger partial charge in [0.15, 0.2) is 5.65 Å². The molecule has 0 aliphatic heterocycles. The second-order valence-corrected chi connectivity index (χ2v) is 6.24. The van der Waals surface area contributed by atoms with Gasteiger partial charge in [-0.05, 0) is 35.9 Å². The highest BCUT2D eigenvalue weighted by atomic mass is 16.5. The number of nitrogens with zero attached hydrogens (tertiary/aromatic N) is 4. The normalized spacial score (nSPS) is 10.5. The van der Waals surface area contributed by atoms with Crippen molar-refractivity contribution in [3.63, 3.8) is 0 Å². The number of nitriles is 1. The van der Waals surface area contributed by atoms with Crippen molar-refractivity contribution in [3.8, 4) is 34.2 Å². The molecule has 0 radical (unpaired) electrons. The largest absolute Gasteiger partial charge is 0.496 e. The van der Waals surface area contributed by atoms with Crippen LogP contribution in [0.25, 0.3) is 28.0 Å². The maximum absolute atomic E-state index is 11.9. The lowest BCUT2D eigenvalue weighted by molar-refractivity contribution is 0.0597. The molecular weight excluding hydrogens is 368 g/mol. The predicted molar refractivity (Wildman–Crippen MR) is 106 cm³/mol. The molecule has 2 aromatic carbocycles. The fourth-order valence-corrected chi connectivity index (χ4v) is 3.09. The van der Waals surface area contributed by atoms with Crippen LogP contribution >= 0.6 is 0 Å². The van der Waals surface area contributed by atoms with Gasteiger partial charge in [-0.2, -0.15) is 10.4 Å². The Morgan fingerprint density at radius 1 is 1.07 bits per heavy atom. The highest BCUT2D eigenvalue weighted by molar-refractivity contribution is 5.93. The Bertz CT molecular complexity index is 1250. The summed E-state index contributed by atoms with van der Waals surface area (Å²) in [5.74, 6) is -0.0486. The minimum absolute atomic E-state index is 0.349. The van der Waals surface area contributed by atoms with Crippen LogP contribution in [0, 0.1) is 11.3 Å². The number of hydrogen-bond donors (Lipinski definition) is 0. The molecule has 0 bridgehead atoms. The van der Waals surface area contributed by atoms with Crippen LogP contribution in [-0.2, 0) is 4.74 Å². The van der Waals surface area contributed by atoms with Crippen molar-refractivity contribution in [2.24, 2.45) is 0 Å². The van der Waals surface area contributed by atoms with Gasteiger partial charge in [-0.1, -0.05) is 18.2 Å². The molecule has 0 saturated carbocycles. The Kier molecular flexibility index (Phi) is 4.67. The van der Waals surface area contributed by atoms with Crippen molar-refractivity contribution in [2.75, 3.05) is 14.2 Å². The van der Waals surface area contributed by atoms with Crippen LogP contribution in [0.5, 0.6) is 5.75 Å². The first kappa shape index (κ1) is 18.2. The zero-order valence-corrected chi connectivity index (χ0v) is 15.8. The molecule has 142 valence electrons. The summed E-state index contributed by atoms with van der Waals surface area (Å²) in [6.07, 6.45) is 3.57. The molecule has 0 unspecified atom stereocenters. The van der Waals surface area contributed by atoms with Crippen LogP contribution in [0.15, 0.2) is 60.9 Å². The first-order valence-electron chi connectivity index (χ1n) is 8.76. The van der Waals surface area contributed by atoms with Gasteiger partial charge in [-0.25, -0.2) is 14.3 Å². The number of carbonyl (C=O) groups excluding carboxylic acids is 1. The lowest BCUT2D eigenvalue weighted by Crippen LogP contribution is -2.04. The summed E-state index contributed by atoms with van der Waals surface area (Å²) in [6.45, 7) is 0. The summed E-state index contributed by atoms with van der Waals surface area (Å²) in [6, 6.07) is 16.4. The van der Waals surface area contributed by atoms with E-state index in [2.05, 4.69) is 11.2 Å². The second kappa shape index (κ2) is 7.44. The van der Waals surface area contributed by atoms with Gasteiger partial charge in [0.25, 0.3) is 0 Å². The molecule has 0 saturated heterocycles. The molecule has 2 heterocycles.